The van der Waals surface area contributed by atoms with E-state index in [9.17, 15) is 8.78 Å². The van der Waals surface area contributed by atoms with Crippen molar-refractivity contribution in [3.8, 4) is 0 Å². The lowest BCUT2D eigenvalue weighted by atomic mass is 10.1. The van der Waals surface area contributed by atoms with Crippen molar-refractivity contribution in [1.82, 2.24) is 4.90 Å². The van der Waals surface area contributed by atoms with Crippen LogP contribution in [0.25, 0.3) is 0 Å². The lowest BCUT2D eigenvalue weighted by Crippen LogP contribution is -2.20. The van der Waals surface area contributed by atoms with Gasteiger partial charge in [-0.15, -0.1) is 0 Å². The van der Waals surface area contributed by atoms with Crippen LogP contribution < -0.4 is 0 Å². The maximum atomic E-state index is 13.1. The Morgan fingerprint density at radius 3 is 2.58 bits per heavy atom. The normalized spacial score (nSPS) is 25.8. The first kappa shape index (κ1) is 9.23. The Hall–Kier alpha value is -0.860. The number of halogens is 2. The first-order valence-corrected chi connectivity index (χ1v) is 3.92. The van der Waals surface area contributed by atoms with Crippen LogP contribution in [0.2, 0.25) is 0 Å². The van der Waals surface area contributed by atoms with E-state index in [1.807, 2.05) is 0 Å². The van der Waals surface area contributed by atoms with E-state index < -0.39 is 5.92 Å². The molecule has 3 heteroatoms. The van der Waals surface area contributed by atoms with Gasteiger partial charge in [0.1, 0.15) is 0 Å². The lowest BCUT2D eigenvalue weighted by molar-refractivity contribution is 0.0458. The molecule has 0 N–H and O–H groups in total. The molecule has 0 bridgehead atoms. The molecular formula is C9H13F2N. The number of likely N-dealkylation sites (tertiary alicyclic amines) is 1. The molecule has 0 spiro atoms. The molecule has 0 radical (unpaired) electrons. The van der Waals surface area contributed by atoms with E-state index in [0.717, 1.165) is 0 Å². The van der Waals surface area contributed by atoms with E-state index in [2.05, 4.69) is 6.58 Å². The van der Waals surface area contributed by atoms with E-state index in [-0.39, 0.29) is 12.1 Å². The van der Waals surface area contributed by atoms with Gasteiger partial charge in [-0.25, -0.2) is 0 Å². The van der Waals surface area contributed by atoms with Crippen LogP contribution in [0.3, 0.4) is 0 Å². The fraction of sp³-hybridized carbons (Fsp3) is 0.556. The third kappa shape index (κ3) is 1.36. The van der Waals surface area contributed by atoms with Gasteiger partial charge < -0.3 is 4.90 Å². The fourth-order valence-electron chi connectivity index (χ4n) is 1.50. The minimum atomic E-state index is -2.66. The van der Waals surface area contributed by atoms with Crippen molar-refractivity contribution in [2.75, 3.05) is 13.6 Å². The topological polar surface area (TPSA) is 3.24 Å². The third-order valence-corrected chi connectivity index (χ3v) is 2.17. The summed E-state index contributed by atoms with van der Waals surface area (Å²) in [6.45, 7) is 5.58. The molecule has 0 aromatic rings. The Morgan fingerprint density at radius 2 is 2.25 bits per heavy atom. The molecule has 1 fully saturated rings. The molecule has 0 aromatic carbocycles. The zero-order chi connectivity index (χ0) is 9.35. The Balaban J connectivity index is 3.08. The predicted molar refractivity (Wildman–Crippen MR) is 45.1 cm³/mol. The van der Waals surface area contributed by atoms with Crippen LogP contribution in [0.15, 0.2) is 23.9 Å². The molecule has 0 saturated carbocycles. The van der Waals surface area contributed by atoms with Gasteiger partial charge in [-0.05, 0) is 12.5 Å². The molecule has 0 amide bonds. The number of rotatable bonds is 1. The Kier molecular flexibility index (Phi) is 2.22. The smallest absolute Gasteiger partial charge is 0.289 e. The predicted octanol–water partition coefficient (Wildman–Crippen LogP) is 2.42. The molecule has 1 aliphatic heterocycles. The zero-order valence-corrected chi connectivity index (χ0v) is 7.40. The van der Waals surface area contributed by atoms with Crippen LogP contribution in [0.5, 0.6) is 0 Å². The molecule has 0 unspecified atom stereocenters. The summed E-state index contributed by atoms with van der Waals surface area (Å²) in [5.74, 6) is -2.66. The molecule has 1 nitrogen and oxygen atoms in total. The van der Waals surface area contributed by atoms with Gasteiger partial charge in [0.25, 0.3) is 5.92 Å². The fourth-order valence-corrected chi connectivity index (χ4v) is 1.50. The molecule has 0 aliphatic carbocycles. The van der Waals surface area contributed by atoms with Crippen molar-refractivity contribution in [3.05, 3.63) is 23.9 Å². The highest BCUT2D eigenvalue weighted by Gasteiger charge is 2.42. The van der Waals surface area contributed by atoms with E-state index in [1.54, 1.807) is 18.9 Å². The summed E-state index contributed by atoms with van der Waals surface area (Å²) in [4.78, 5) is 1.59. The lowest BCUT2D eigenvalue weighted by Gasteiger charge is -2.18. The first-order valence-electron chi connectivity index (χ1n) is 3.92. The summed E-state index contributed by atoms with van der Waals surface area (Å²) in [5.41, 5.74) is 0.692. The molecule has 1 rings (SSSR count). The summed E-state index contributed by atoms with van der Waals surface area (Å²) < 4.78 is 26.3. The van der Waals surface area contributed by atoms with Gasteiger partial charge >= 0.3 is 0 Å². The molecule has 12 heavy (non-hydrogen) atoms. The number of allylic oxidation sites excluding steroid dienone is 3. The largest absolute Gasteiger partial charge is 0.373 e. The summed E-state index contributed by atoms with van der Waals surface area (Å²) in [7, 11) is 1.68. The van der Waals surface area contributed by atoms with Crippen molar-refractivity contribution in [2.24, 2.45) is 0 Å². The molecule has 0 atom stereocenters. The van der Waals surface area contributed by atoms with Gasteiger partial charge in [0.2, 0.25) is 0 Å². The van der Waals surface area contributed by atoms with Crippen molar-refractivity contribution in [3.63, 3.8) is 0 Å². The second-order valence-electron chi connectivity index (χ2n) is 3.11. The van der Waals surface area contributed by atoms with Crippen molar-refractivity contribution < 1.29 is 8.78 Å². The summed E-state index contributed by atoms with van der Waals surface area (Å²) in [6.07, 6.45) is 1.40. The Bertz CT molecular complexity index is 231. The van der Waals surface area contributed by atoms with Gasteiger partial charge in [0.05, 0.1) is 5.70 Å². The highest BCUT2D eigenvalue weighted by atomic mass is 19.3. The molecular weight excluding hydrogens is 160 g/mol. The Morgan fingerprint density at radius 1 is 1.67 bits per heavy atom. The highest BCUT2D eigenvalue weighted by molar-refractivity contribution is 5.28. The second kappa shape index (κ2) is 2.88. The van der Waals surface area contributed by atoms with Crippen molar-refractivity contribution >= 4 is 0 Å². The quantitative estimate of drug-likeness (QED) is 0.588. The molecule has 1 heterocycles. The van der Waals surface area contributed by atoms with Gasteiger partial charge in [-0.1, -0.05) is 12.7 Å². The van der Waals surface area contributed by atoms with Crippen molar-refractivity contribution in [2.45, 2.75) is 19.3 Å². The zero-order valence-electron chi connectivity index (χ0n) is 7.40. The first-order chi connectivity index (χ1) is 5.49. The van der Waals surface area contributed by atoms with Crippen molar-refractivity contribution in [1.29, 1.82) is 0 Å². The summed E-state index contributed by atoms with van der Waals surface area (Å²) in [5, 5.41) is 0. The highest BCUT2D eigenvalue weighted by Crippen LogP contribution is 2.38. The Labute approximate surface area is 71.4 Å². The van der Waals surface area contributed by atoms with E-state index in [0.29, 0.717) is 12.1 Å². The maximum Gasteiger partial charge on any atom is 0.289 e. The minimum Gasteiger partial charge on any atom is -0.373 e. The minimum absolute atomic E-state index is 0.0794. The molecule has 0 aromatic heterocycles. The van der Waals surface area contributed by atoms with Crippen LogP contribution in [-0.4, -0.2) is 24.4 Å². The maximum absolute atomic E-state index is 13.1. The van der Waals surface area contributed by atoms with E-state index >= 15 is 0 Å². The molecule has 68 valence electrons. The summed E-state index contributed by atoms with van der Waals surface area (Å²) >= 11 is 0. The van der Waals surface area contributed by atoms with Crippen LogP contribution in [0.4, 0.5) is 8.78 Å². The molecule has 1 aliphatic rings. The van der Waals surface area contributed by atoms with Crippen LogP contribution in [0, 0.1) is 0 Å². The number of hydrogen-bond acceptors (Lipinski definition) is 1. The van der Waals surface area contributed by atoms with Gasteiger partial charge in [0, 0.05) is 20.0 Å². The van der Waals surface area contributed by atoms with E-state index in [4.69, 9.17) is 0 Å². The van der Waals surface area contributed by atoms with Gasteiger partial charge in [-0.2, -0.15) is 8.78 Å². The number of alkyl halides is 2. The second-order valence-corrected chi connectivity index (χ2v) is 3.11. The SMILES string of the molecule is C=C/C(C)=C1\N(C)CCC1(F)F. The monoisotopic (exact) mass is 173 g/mol. The van der Waals surface area contributed by atoms with Crippen LogP contribution in [0.1, 0.15) is 13.3 Å². The van der Waals surface area contributed by atoms with Gasteiger partial charge in [-0.3, -0.25) is 0 Å². The van der Waals surface area contributed by atoms with E-state index in [1.165, 1.54) is 6.08 Å². The average Bonchev–Trinajstić information content (AvgIpc) is 2.25. The average molecular weight is 173 g/mol. The number of nitrogens with zero attached hydrogens (tertiary/aromatic N) is 1. The van der Waals surface area contributed by atoms with Crippen LogP contribution in [-0.2, 0) is 0 Å². The molecule has 1 saturated heterocycles. The standard InChI is InChI=1S/C9H13F2N/c1-4-7(2)8-9(10,11)5-6-12(8)3/h4H,1,5-6H2,2-3H3/b8-7-. The number of hydrogen-bond donors (Lipinski definition) is 0. The van der Waals surface area contributed by atoms with Gasteiger partial charge in [0.15, 0.2) is 0 Å². The summed E-state index contributed by atoms with van der Waals surface area (Å²) in [6, 6.07) is 0. The van der Waals surface area contributed by atoms with Crippen LogP contribution >= 0.6 is 0 Å². The third-order valence-electron chi connectivity index (χ3n) is 2.17.